The molecular weight excluding hydrogens is 436 g/mol. The Bertz CT molecular complexity index is 1030. The summed E-state index contributed by atoms with van der Waals surface area (Å²) in [6, 6.07) is 12.7. The number of benzene rings is 2. The van der Waals surface area contributed by atoms with Gasteiger partial charge < -0.3 is 19.3 Å². The van der Waals surface area contributed by atoms with Crippen molar-refractivity contribution in [3.63, 3.8) is 0 Å². The van der Waals surface area contributed by atoms with Crippen molar-refractivity contribution >= 4 is 16.9 Å². The SMILES string of the molecule is CC.CC.CCCN(CCC)CCCn1c(C)c(C)c2cc(Oc3cccc(C(=O)O)c3)ccc21. The molecule has 0 saturated heterocycles. The molecule has 35 heavy (non-hydrogen) atoms. The predicted octanol–water partition coefficient (Wildman–Crippen LogP) is 8.31. The van der Waals surface area contributed by atoms with Gasteiger partial charge in [-0.2, -0.15) is 0 Å². The first-order chi connectivity index (χ1) is 16.9. The van der Waals surface area contributed by atoms with Crippen LogP contribution in [0, 0.1) is 13.8 Å². The Hall–Kier alpha value is -2.79. The highest BCUT2D eigenvalue weighted by atomic mass is 16.5. The summed E-state index contributed by atoms with van der Waals surface area (Å²) in [6.45, 7) is 21.3. The van der Waals surface area contributed by atoms with Gasteiger partial charge >= 0.3 is 5.97 Å². The average Bonchev–Trinajstić information content (AvgIpc) is 3.11. The number of carbonyl (C=O) groups is 1. The van der Waals surface area contributed by atoms with Crippen molar-refractivity contribution in [2.45, 2.75) is 81.2 Å². The molecule has 0 aliphatic carbocycles. The third-order valence-corrected chi connectivity index (χ3v) is 5.86. The number of aromatic nitrogens is 1. The van der Waals surface area contributed by atoms with Crippen molar-refractivity contribution in [3.05, 3.63) is 59.3 Å². The number of ether oxygens (including phenoxy) is 1. The third kappa shape index (κ3) is 8.43. The molecule has 0 radical (unpaired) electrons. The van der Waals surface area contributed by atoms with E-state index in [1.165, 1.54) is 48.1 Å². The van der Waals surface area contributed by atoms with Crippen LogP contribution in [0.4, 0.5) is 0 Å². The fraction of sp³-hybridized carbons (Fsp3) is 0.500. The molecule has 0 atom stereocenters. The van der Waals surface area contributed by atoms with Gasteiger partial charge in [0.25, 0.3) is 0 Å². The summed E-state index contributed by atoms with van der Waals surface area (Å²) < 4.78 is 8.38. The Morgan fingerprint density at radius 3 is 2.14 bits per heavy atom. The van der Waals surface area contributed by atoms with Crippen LogP contribution in [-0.2, 0) is 6.54 Å². The second-order valence-corrected chi connectivity index (χ2v) is 8.17. The van der Waals surface area contributed by atoms with Gasteiger partial charge in [0.05, 0.1) is 5.56 Å². The minimum atomic E-state index is -0.958. The van der Waals surface area contributed by atoms with Gasteiger partial charge in [0.2, 0.25) is 0 Å². The van der Waals surface area contributed by atoms with Crippen LogP contribution in [0.15, 0.2) is 42.5 Å². The van der Waals surface area contributed by atoms with Crippen molar-refractivity contribution in [1.29, 1.82) is 0 Å². The molecule has 1 aromatic heterocycles. The minimum absolute atomic E-state index is 0.219. The lowest BCUT2D eigenvalue weighted by molar-refractivity contribution is 0.0696. The number of hydrogen-bond acceptors (Lipinski definition) is 3. The molecule has 0 amide bonds. The number of carboxylic acid groups (broad SMARTS) is 1. The number of hydrogen-bond donors (Lipinski definition) is 1. The molecule has 1 N–H and O–H groups in total. The maximum absolute atomic E-state index is 11.2. The largest absolute Gasteiger partial charge is 0.478 e. The fourth-order valence-electron chi connectivity index (χ4n) is 4.23. The van der Waals surface area contributed by atoms with Crippen LogP contribution in [0.2, 0.25) is 0 Å². The Labute approximate surface area is 212 Å². The first kappa shape index (κ1) is 30.2. The Kier molecular flexibility index (Phi) is 13.8. The first-order valence-electron chi connectivity index (χ1n) is 13.3. The van der Waals surface area contributed by atoms with E-state index in [1.807, 2.05) is 33.8 Å². The van der Waals surface area contributed by atoms with Gasteiger partial charge in [-0.1, -0.05) is 47.6 Å². The van der Waals surface area contributed by atoms with Crippen molar-refractivity contribution in [2.24, 2.45) is 0 Å². The minimum Gasteiger partial charge on any atom is -0.478 e. The molecule has 1 heterocycles. The highest BCUT2D eigenvalue weighted by Gasteiger charge is 2.13. The van der Waals surface area contributed by atoms with Gasteiger partial charge in [0.1, 0.15) is 11.5 Å². The normalized spacial score (nSPS) is 10.4. The molecule has 194 valence electrons. The number of aryl methyl sites for hydroxylation is 2. The van der Waals surface area contributed by atoms with Gasteiger partial charge in [-0.25, -0.2) is 4.79 Å². The number of aromatic carboxylic acids is 1. The molecule has 0 bridgehead atoms. The van der Waals surface area contributed by atoms with Crippen molar-refractivity contribution in [3.8, 4) is 11.5 Å². The van der Waals surface area contributed by atoms with Crippen molar-refractivity contribution in [1.82, 2.24) is 9.47 Å². The van der Waals surface area contributed by atoms with E-state index in [0.29, 0.717) is 11.5 Å². The van der Waals surface area contributed by atoms with E-state index in [0.717, 1.165) is 19.5 Å². The second-order valence-electron chi connectivity index (χ2n) is 8.17. The molecule has 3 aromatic rings. The molecule has 0 aliphatic rings. The first-order valence-corrected chi connectivity index (χ1v) is 13.3. The van der Waals surface area contributed by atoms with Crippen molar-refractivity contribution in [2.75, 3.05) is 19.6 Å². The van der Waals surface area contributed by atoms with E-state index < -0.39 is 5.97 Å². The van der Waals surface area contributed by atoms with Crippen LogP contribution in [0.25, 0.3) is 10.9 Å². The highest BCUT2D eigenvalue weighted by Crippen LogP contribution is 2.31. The van der Waals surface area contributed by atoms with Crippen LogP contribution < -0.4 is 4.74 Å². The van der Waals surface area contributed by atoms with E-state index in [9.17, 15) is 9.90 Å². The molecule has 5 heteroatoms. The summed E-state index contributed by atoms with van der Waals surface area (Å²) in [6.07, 6.45) is 3.52. The van der Waals surface area contributed by atoms with E-state index in [1.54, 1.807) is 24.3 Å². The van der Waals surface area contributed by atoms with Crippen LogP contribution in [-0.4, -0.2) is 40.2 Å². The lowest BCUT2D eigenvalue weighted by Crippen LogP contribution is -2.27. The van der Waals surface area contributed by atoms with Crippen LogP contribution >= 0.6 is 0 Å². The number of carboxylic acids is 1. The molecule has 3 rings (SSSR count). The summed E-state index contributed by atoms with van der Waals surface area (Å²) in [5.41, 5.74) is 3.99. The summed E-state index contributed by atoms with van der Waals surface area (Å²) in [4.78, 5) is 13.8. The molecule has 0 fully saturated rings. The Morgan fingerprint density at radius 1 is 0.914 bits per heavy atom. The number of rotatable bonds is 11. The molecule has 0 spiro atoms. The number of fused-ring (bicyclic) bond motifs is 1. The van der Waals surface area contributed by atoms with Gasteiger partial charge in [-0.3, -0.25) is 0 Å². The molecule has 0 unspecified atom stereocenters. The molecule has 2 aromatic carbocycles. The van der Waals surface area contributed by atoms with Crippen LogP contribution in [0.5, 0.6) is 11.5 Å². The van der Waals surface area contributed by atoms with Crippen LogP contribution in [0.3, 0.4) is 0 Å². The topological polar surface area (TPSA) is 54.7 Å². The van der Waals surface area contributed by atoms with Gasteiger partial charge in [0.15, 0.2) is 0 Å². The zero-order chi connectivity index (χ0) is 26.4. The van der Waals surface area contributed by atoms with Gasteiger partial charge in [-0.15, -0.1) is 0 Å². The third-order valence-electron chi connectivity index (χ3n) is 5.86. The van der Waals surface area contributed by atoms with E-state index >= 15 is 0 Å². The predicted molar refractivity (Wildman–Crippen MR) is 149 cm³/mol. The quantitative estimate of drug-likeness (QED) is 0.298. The average molecular weight is 483 g/mol. The summed E-state index contributed by atoms with van der Waals surface area (Å²) in [7, 11) is 0. The smallest absolute Gasteiger partial charge is 0.335 e. The monoisotopic (exact) mass is 482 g/mol. The fourth-order valence-corrected chi connectivity index (χ4v) is 4.23. The van der Waals surface area contributed by atoms with E-state index in [4.69, 9.17) is 4.74 Å². The molecule has 0 aliphatic heterocycles. The lowest BCUT2D eigenvalue weighted by Gasteiger charge is -2.21. The Balaban J connectivity index is 0.00000145. The molecule has 5 nitrogen and oxygen atoms in total. The summed E-state index contributed by atoms with van der Waals surface area (Å²) >= 11 is 0. The Morgan fingerprint density at radius 2 is 1.54 bits per heavy atom. The maximum atomic E-state index is 11.2. The second kappa shape index (κ2) is 16.0. The maximum Gasteiger partial charge on any atom is 0.335 e. The lowest BCUT2D eigenvalue weighted by atomic mass is 10.1. The number of nitrogens with zero attached hydrogens (tertiary/aromatic N) is 2. The molecular formula is C30H46N2O3. The standard InChI is InChI=1S/C26H34N2O3.2C2H6/c1-5-13-27(14-6-2)15-8-16-28-20(4)19(3)24-18-23(11-12-25(24)28)31-22-10-7-9-21(17-22)26(29)30;2*1-2/h7,9-12,17-18H,5-6,8,13-16H2,1-4H3,(H,29,30);2*1-2H3. The zero-order valence-corrected chi connectivity index (χ0v) is 23.1. The van der Waals surface area contributed by atoms with Crippen molar-refractivity contribution < 1.29 is 14.6 Å². The van der Waals surface area contributed by atoms with Crippen LogP contribution in [0.1, 0.15) is 82.4 Å². The highest BCUT2D eigenvalue weighted by molar-refractivity contribution is 5.88. The van der Waals surface area contributed by atoms with E-state index in [-0.39, 0.29) is 5.56 Å². The molecule has 0 saturated carbocycles. The summed E-state index contributed by atoms with van der Waals surface area (Å²) in [5, 5.41) is 10.4. The van der Waals surface area contributed by atoms with E-state index in [2.05, 4.69) is 49.3 Å². The van der Waals surface area contributed by atoms with Gasteiger partial charge in [0, 0.05) is 23.1 Å². The summed E-state index contributed by atoms with van der Waals surface area (Å²) in [5.74, 6) is 0.285. The van der Waals surface area contributed by atoms with Gasteiger partial charge in [-0.05, 0) is 94.7 Å². The zero-order valence-electron chi connectivity index (χ0n) is 23.1.